The van der Waals surface area contributed by atoms with Gasteiger partial charge in [0, 0.05) is 25.3 Å². The molecule has 0 radical (unpaired) electrons. The molecular weight excluding hydrogens is 212 g/mol. The number of rotatable bonds is 3. The van der Waals surface area contributed by atoms with Gasteiger partial charge in [-0.15, -0.1) is 0 Å². The predicted molar refractivity (Wildman–Crippen MR) is 67.7 cm³/mol. The zero-order valence-electron chi connectivity index (χ0n) is 10.2. The normalized spacial score (nSPS) is 17.6. The monoisotopic (exact) mass is 230 g/mol. The van der Waals surface area contributed by atoms with E-state index >= 15 is 0 Å². The van der Waals surface area contributed by atoms with Crippen LogP contribution in [0, 0.1) is 11.3 Å². The number of hydrogen-bond acceptors (Lipinski definition) is 4. The second-order valence-electron chi connectivity index (χ2n) is 4.36. The summed E-state index contributed by atoms with van der Waals surface area (Å²) in [6.45, 7) is 5.58. The topological polar surface area (TPSA) is 52.0 Å². The lowest BCUT2D eigenvalue weighted by molar-refractivity contribution is 0.229. The third-order valence-corrected chi connectivity index (χ3v) is 3.30. The number of nitriles is 1. The van der Waals surface area contributed by atoms with Crippen molar-refractivity contribution in [3.8, 4) is 6.07 Å². The van der Waals surface area contributed by atoms with E-state index in [4.69, 9.17) is 5.26 Å². The quantitative estimate of drug-likeness (QED) is 0.861. The van der Waals surface area contributed by atoms with E-state index in [0.29, 0.717) is 11.6 Å². The maximum absolute atomic E-state index is 8.99. The van der Waals surface area contributed by atoms with Crippen molar-refractivity contribution in [1.29, 1.82) is 5.26 Å². The van der Waals surface area contributed by atoms with Crippen LogP contribution in [0.2, 0.25) is 0 Å². The van der Waals surface area contributed by atoms with Gasteiger partial charge >= 0.3 is 0 Å². The van der Waals surface area contributed by atoms with E-state index in [1.54, 1.807) is 18.3 Å². The van der Waals surface area contributed by atoms with Gasteiger partial charge in [-0.05, 0) is 31.5 Å². The number of anilines is 1. The molecule has 0 amide bonds. The van der Waals surface area contributed by atoms with Crippen molar-refractivity contribution < 1.29 is 0 Å². The highest BCUT2D eigenvalue weighted by Gasteiger charge is 2.18. The first kappa shape index (κ1) is 11.9. The first-order chi connectivity index (χ1) is 8.33. The summed E-state index contributed by atoms with van der Waals surface area (Å²) in [6.07, 6.45) is 3.97. The summed E-state index contributed by atoms with van der Waals surface area (Å²) >= 11 is 0. The predicted octanol–water partition coefficient (Wildman–Crippen LogP) is 1.85. The van der Waals surface area contributed by atoms with Crippen molar-refractivity contribution >= 4 is 5.82 Å². The van der Waals surface area contributed by atoms with E-state index in [2.05, 4.69) is 28.2 Å². The molecule has 0 aromatic carbocycles. The van der Waals surface area contributed by atoms with Crippen molar-refractivity contribution in [2.45, 2.75) is 25.8 Å². The highest BCUT2D eigenvalue weighted by atomic mass is 15.1. The minimum absolute atomic E-state index is 0.444. The Hall–Kier alpha value is -1.60. The highest BCUT2D eigenvalue weighted by molar-refractivity contribution is 5.51. The van der Waals surface area contributed by atoms with E-state index in [-0.39, 0.29) is 0 Å². The van der Waals surface area contributed by atoms with Crippen molar-refractivity contribution in [3.63, 3.8) is 0 Å². The van der Waals surface area contributed by atoms with Gasteiger partial charge in [0.1, 0.15) is 11.9 Å². The standard InChI is InChI=1S/C13H18N4/c1-2-17-8-5-12(6-9-17)16-13-11(10-14)4-3-7-15-13/h3-4,7,12H,2,5-6,8-9H2,1H3,(H,15,16). The molecular formula is C13H18N4. The smallest absolute Gasteiger partial charge is 0.144 e. The molecule has 1 aliphatic heterocycles. The van der Waals surface area contributed by atoms with Crippen LogP contribution in [0.4, 0.5) is 5.82 Å². The molecule has 17 heavy (non-hydrogen) atoms. The second-order valence-corrected chi connectivity index (χ2v) is 4.36. The third kappa shape index (κ3) is 2.95. The zero-order chi connectivity index (χ0) is 12.1. The molecule has 4 nitrogen and oxygen atoms in total. The maximum atomic E-state index is 8.99. The van der Waals surface area contributed by atoms with Crippen LogP contribution in [0.5, 0.6) is 0 Å². The van der Waals surface area contributed by atoms with E-state index in [9.17, 15) is 0 Å². The van der Waals surface area contributed by atoms with Gasteiger partial charge in [-0.2, -0.15) is 5.26 Å². The molecule has 1 N–H and O–H groups in total. The molecule has 1 fully saturated rings. The van der Waals surface area contributed by atoms with Gasteiger partial charge in [-0.25, -0.2) is 4.98 Å². The maximum Gasteiger partial charge on any atom is 0.144 e. The van der Waals surface area contributed by atoms with Crippen LogP contribution < -0.4 is 5.32 Å². The lowest BCUT2D eigenvalue weighted by Gasteiger charge is -2.31. The van der Waals surface area contributed by atoms with Gasteiger partial charge in [-0.3, -0.25) is 0 Å². The molecule has 0 saturated carbocycles. The van der Waals surface area contributed by atoms with Crippen LogP contribution >= 0.6 is 0 Å². The Balaban J connectivity index is 1.96. The Kier molecular flexibility index (Phi) is 3.94. The largest absolute Gasteiger partial charge is 0.366 e. The van der Waals surface area contributed by atoms with Gasteiger partial charge in [-0.1, -0.05) is 6.92 Å². The summed E-state index contributed by atoms with van der Waals surface area (Å²) in [7, 11) is 0. The van der Waals surface area contributed by atoms with Gasteiger partial charge < -0.3 is 10.2 Å². The van der Waals surface area contributed by atoms with Crippen molar-refractivity contribution in [2.24, 2.45) is 0 Å². The van der Waals surface area contributed by atoms with Crippen LogP contribution in [0.15, 0.2) is 18.3 Å². The summed E-state index contributed by atoms with van der Waals surface area (Å²) in [5.41, 5.74) is 0.630. The van der Waals surface area contributed by atoms with Crippen LogP contribution in [-0.4, -0.2) is 35.6 Å². The van der Waals surface area contributed by atoms with Gasteiger partial charge in [0.05, 0.1) is 5.56 Å². The molecule has 0 atom stereocenters. The molecule has 90 valence electrons. The second kappa shape index (κ2) is 5.65. The molecule has 1 aliphatic rings. The van der Waals surface area contributed by atoms with Crippen molar-refractivity contribution in [3.05, 3.63) is 23.9 Å². The SMILES string of the molecule is CCN1CCC(Nc2ncccc2C#N)CC1. The first-order valence-corrected chi connectivity index (χ1v) is 6.17. The number of nitrogens with zero attached hydrogens (tertiary/aromatic N) is 3. The fourth-order valence-electron chi connectivity index (χ4n) is 2.20. The number of piperidine rings is 1. The molecule has 1 aromatic rings. The minimum atomic E-state index is 0.444. The number of likely N-dealkylation sites (tertiary alicyclic amines) is 1. The number of hydrogen-bond donors (Lipinski definition) is 1. The molecule has 2 heterocycles. The summed E-state index contributed by atoms with van der Waals surface area (Å²) in [5.74, 6) is 0.727. The number of pyridine rings is 1. The third-order valence-electron chi connectivity index (χ3n) is 3.30. The molecule has 1 saturated heterocycles. The average molecular weight is 230 g/mol. The fraction of sp³-hybridized carbons (Fsp3) is 0.538. The molecule has 2 rings (SSSR count). The number of nitrogens with one attached hydrogen (secondary N) is 1. The van der Waals surface area contributed by atoms with E-state index in [0.717, 1.165) is 38.3 Å². The highest BCUT2D eigenvalue weighted by Crippen LogP contribution is 2.17. The number of aromatic nitrogens is 1. The lowest BCUT2D eigenvalue weighted by atomic mass is 10.0. The van der Waals surface area contributed by atoms with E-state index < -0.39 is 0 Å². The minimum Gasteiger partial charge on any atom is -0.366 e. The van der Waals surface area contributed by atoms with Gasteiger partial charge in [0.2, 0.25) is 0 Å². The van der Waals surface area contributed by atoms with E-state index in [1.165, 1.54) is 0 Å². The first-order valence-electron chi connectivity index (χ1n) is 6.17. The van der Waals surface area contributed by atoms with Crippen molar-refractivity contribution in [1.82, 2.24) is 9.88 Å². The van der Waals surface area contributed by atoms with Crippen LogP contribution in [0.1, 0.15) is 25.3 Å². The lowest BCUT2D eigenvalue weighted by Crippen LogP contribution is -2.39. The summed E-state index contributed by atoms with van der Waals surface area (Å²) in [4.78, 5) is 6.68. The average Bonchev–Trinajstić information content (AvgIpc) is 2.40. The van der Waals surface area contributed by atoms with Crippen LogP contribution in [0.3, 0.4) is 0 Å². The fourth-order valence-corrected chi connectivity index (χ4v) is 2.20. The summed E-state index contributed by atoms with van der Waals surface area (Å²) < 4.78 is 0. The molecule has 4 heteroatoms. The Labute approximate surface area is 102 Å². The molecule has 1 aromatic heterocycles. The van der Waals surface area contributed by atoms with Gasteiger partial charge in [0.25, 0.3) is 0 Å². The Bertz CT molecular complexity index is 402. The Morgan fingerprint density at radius 3 is 2.94 bits per heavy atom. The Morgan fingerprint density at radius 2 is 2.29 bits per heavy atom. The zero-order valence-corrected chi connectivity index (χ0v) is 10.2. The van der Waals surface area contributed by atoms with Crippen LogP contribution in [-0.2, 0) is 0 Å². The molecule has 0 aliphatic carbocycles. The summed E-state index contributed by atoms with van der Waals surface area (Å²) in [5, 5.41) is 12.4. The van der Waals surface area contributed by atoms with E-state index in [1.807, 2.05) is 0 Å². The summed E-state index contributed by atoms with van der Waals surface area (Å²) in [6, 6.07) is 6.21. The van der Waals surface area contributed by atoms with Crippen molar-refractivity contribution in [2.75, 3.05) is 25.0 Å². The Morgan fingerprint density at radius 1 is 1.53 bits per heavy atom. The van der Waals surface area contributed by atoms with Crippen LogP contribution in [0.25, 0.3) is 0 Å². The molecule has 0 unspecified atom stereocenters. The van der Waals surface area contributed by atoms with Gasteiger partial charge in [0.15, 0.2) is 0 Å². The molecule has 0 spiro atoms. The molecule has 0 bridgehead atoms.